The van der Waals surface area contributed by atoms with Crippen molar-refractivity contribution in [3.8, 4) is 0 Å². The van der Waals surface area contributed by atoms with Gasteiger partial charge in [-0.15, -0.1) is 0 Å². The molecule has 31 heavy (non-hydrogen) atoms. The van der Waals surface area contributed by atoms with E-state index in [0.29, 0.717) is 0 Å². The predicted molar refractivity (Wildman–Crippen MR) is 115 cm³/mol. The van der Waals surface area contributed by atoms with Gasteiger partial charge in [0.2, 0.25) is 0 Å². The lowest BCUT2D eigenvalue weighted by atomic mass is 10.1. The Balaban J connectivity index is 2.47. The van der Waals surface area contributed by atoms with Crippen molar-refractivity contribution in [2.45, 2.75) is 32.0 Å². The molecule has 1 aliphatic rings. The molecule has 1 aromatic carbocycles. The number of carbonyl (C=O) groups excluding carboxylic acids is 1. The number of aliphatic imine (C=N–C) groups is 2. The van der Waals surface area contributed by atoms with Crippen molar-refractivity contribution in [1.29, 1.82) is 10.8 Å². The fraction of sp³-hybridized carbons (Fsp3) is 0.350. The molecule has 1 amide bonds. The van der Waals surface area contributed by atoms with Crippen molar-refractivity contribution in [3.63, 3.8) is 0 Å². The SMILES string of the molecule is CC(C(N=C(C=N)C=CN)=NC=N)N(CC1CC1)C(=O)c1cc(Cl)cc(C(F)(F)F)c1. The summed E-state index contributed by atoms with van der Waals surface area (Å²) in [6.07, 6.45) is 1.31. The normalized spacial score (nSPS) is 16.3. The number of hydrogen-bond acceptors (Lipinski definition) is 4. The molecular formula is C20H22ClF3N6O. The molecule has 1 atom stereocenters. The van der Waals surface area contributed by atoms with E-state index in [2.05, 4.69) is 9.98 Å². The highest BCUT2D eigenvalue weighted by molar-refractivity contribution is 6.37. The van der Waals surface area contributed by atoms with Crippen LogP contribution in [0, 0.1) is 16.7 Å². The first-order valence-electron chi connectivity index (χ1n) is 9.33. The van der Waals surface area contributed by atoms with Crippen LogP contribution in [0.15, 0.2) is 40.5 Å². The summed E-state index contributed by atoms with van der Waals surface area (Å²) in [5.41, 5.74) is 4.24. The van der Waals surface area contributed by atoms with E-state index in [4.69, 9.17) is 28.2 Å². The molecular weight excluding hydrogens is 433 g/mol. The summed E-state index contributed by atoms with van der Waals surface area (Å²) in [6.45, 7) is 1.89. The van der Waals surface area contributed by atoms with Crippen molar-refractivity contribution in [2.24, 2.45) is 21.6 Å². The van der Waals surface area contributed by atoms with Gasteiger partial charge in [0.25, 0.3) is 5.91 Å². The average Bonchev–Trinajstić information content (AvgIpc) is 3.53. The Hall–Kier alpha value is -3.01. The number of carbonyl (C=O) groups is 1. The molecule has 1 saturated carbocycles. The molecule has 11 heteroatoms. The highest BCUT2D eigenvalue weighted by atomic mass is 35.5. The van der Waals surface area contributed by atoms with Gasteiger partial charge in [-0.3, -0.25) is 10.2 Å². The predicted octanol–water partition coefficient (Wildman–Crippen LogP) is 4.17. The number of hydrogen-bond donors (Lipinski definition) is 3. The lowest BCUT2D eigenvalue weighted by Gasteiger charge is -2.29. The van der Waals surface area contributed by atoms with Gasteiger partial charge < -0.3 is 16.0 Å². The zero-order valence-corrected chi connectivity index (χ0v) is 17.4. The van der Waals surface area contributed by atoms with Gasteiger partial charge in [-0.05, 0) is 56.2 Å². The molecule has 1 fully saturated rings. The van der Waals surface area contributed by atoms with Crippen molar-refractivity contribution in [1.82, 2.24) is 4.90 Å². The number of alkyl halides is 3. The number of nitrogens with zero attached hydrogens (tertiary/aromatic N) is 3. The monoisotopic (exact) mass is 454 g/mol. The molecule has 0 aromatic heterocycles. The van der Waals surface area contributed by atoms with E-state index in [1.165, 1.54) is 23.2 Å². The lowest BCUT2D eigenvalue weighted by Crippen LogP contribution is -2.44. The minimum absolute atomic E-state index is 0.0404. The summed E-state index contributed by atoms with van der Waals surface area (Å²) in [7, 11) is 0. The number of amides is 1. The second-order valence-corrected chi connectivity index (χ2v) is 7.40. The van der Waals surface area contributed by atoms with Gasteiger partial charge in [0.1, 0.15) is 6.34 Å². The molecule has 166 valence electrons. The highest BCUT2D eigenvalue weighted by Crippen LogP contribution is 2.34. The van der Waals surface area contributed by atoms with Crippen molar-refractivity contribution in [3.05, 3.63) is 46.6 Å². The zero-order chi connectivity index (χ0) is 23.2. The summed E-state index contributed by atoms with van der Waals surface area (Å²) in [6, 6.07) is 1.92. The maximum Gasteiger partial charge on any atom is 0.416 e. The number of allylic oxidation sites excluding steroid dienone is 1. The number of nitrogens with two attached hydrogens (primary N) is 1. The first-order valence-corrected chi connectivity index (χ1v) is 9.71. The van der Waals surface area contributed by atoms with E-state index < -0.39 is 23.7 Å². The molecule has 0 bridgehead atoms. The number of nitrogens with one attached hydrogen (secondary N) is 2. The highest BCUT2D eigenvalue weighted by Gasteiger charge is 2.35. The van der Waals surface area contributed by atoms with Gasteiger partial charge in [-0.2, -0.15) is 13.2 Å². The average molecular weight is 455 g/mol. The smallest absolute Gasteiger partial charge is 0.405 e. The fourth-order valence-electron chi connectivity index (χ4n) is 2.82. The third-order valence-corrected chi connectivity index (χ3v) is 4.80. The van der Waals surface area contributed by atoms with E-state index in [-0.39, 0.29) is 34.6 Å². The molecule has 0 radical (unpaired) electrons. The Bertz CT molecular complexity index is 937. The molecule has 1 aliphatic carbocycles. The zero-order valence-electron chi connectivity index (χ0n) is 16.7. The molecule has 7 nitrogen and oxygen atoms in total. The molecule has 1 aromatic rings. The van der Waals surface area contributed by atoms with Crippen LogP contribution in [-0.4, -0.2) is 47.5 Å². The second kappa shape index (κ2) is 10.3. The fourth-order valence-corrected chi connectivity index (χ4v) is 3.06. The number of benzene rings is 1. The van der Waals surface area contributed by atoms with E-state index in [0.717, 1.165) is 37.5 Å². The Morgan fingerprint density at radius 2 is 2.03 bits per heavy atom. The molecule has 0 heterocycles. The maximum absolute atomic E-state index is 13.2. The number of amidine groups is 1. The van der Waals surface area contributed by atoms with Gasteiger partial charge in [-0.1, -0.05) is 11.6 Å². The summed E-state index contributed by atoms with van der Waals surface area (Å²) in [5.74, 6) is -0.409. The summed E-state index contributed by atoms with van der Waals surface area (Å²) < 4.78 is 39.6. The minimum atomic E-state index is -4.66. The van der Waals surface area contributed by atoms with Gasteiger partial charge in [0.05, 0.1) is 17.3 Å². The molecule has 2 rings (SSSR count). The summed E-state index contributed by atoms with van der Waals surface area (Å²) >= 11 is 5.85. The van der Waals surface area contributed by atoms with Crippen LogP contribution in [0.2, 0.25) is 5.02 Å². The standard InChI is InChI=1S/C20H22ClF3N6O/c1-12(18(28-11-27)29-17(9-26)4-5-25)30(10-13-2-3-13)19(31)14-6-15(20(22,23)24)8-16(21)7-14/h4-9,11-13,26-27H,2-3,10,25H2,1H3. The van der Waals surface area contributed by atoms with Crippen LogP contribution < -0.4 is 5.73 Å². The largest absolute Gasteiger partial charge is 0.416 e. The van der Waals surface area contributed by atoms with E-state index >= 15 is 0 Å². The summed E-state index contributed by atoms with van der Waals surface area (Å²) in [4.78, 5) is 22.7. The van der Waals surface area contributed by atoms with Crippen LogP contribution in [-0.2, 0) is 6.18 Å². The molecule has 1 unspecified atom stereocenters. The van der Waals surface area contributed by atoms with Crippen LogP contribution in [0.25, 0.3) is 0 Å². The van der Waals surface area contributed by atoms with E-state index in [1.807, 2.05) is 0 Å². The molecule has 0 spiro atoms. The van der Waals surface area contributed by atoms with Crippen molar-refractivity contribution in [2.75, 3.05) is 6.54 Å². The molecule has 4 N–H and O–H groups in total. The van der Waals surface area contributed by atoms with Crippen molar-refractivity contribution < 1.29 is 18.0 Å². The van der Waals surface area contributed by atoms with Crippen LogP contribution in [0.5, 0.6) is 0 Å². The van der Waals surface area contributed by atoms with E-state index in [9.17, 15) is 18.0 Å². The Morgan fingerprint density at radius 3 is 2.55 bits per heavy atom. The lowest BCUT2D eigenvalue weighted by molar-refractivity contribution is -0.137. The Labute approximate surface area is 182 Å². The Morgan fingerprint density at radius 1 is 1.35 bits per heavy atom. The maximum atomic E-state index is 13.2. The van der Waals surface area contributed by atoms with Gasteiger partial charge >= 0.3 is 6.18 Å². The third-order valence-electron chi connectivity index (χ3n) is 4.58. The topological polar surface area (TPSA) is 119 Å². The van der Waals surface area contributed by atoms with Crippen LogP contribution in [0.3, 0.4) is 0 Å². The van der Waals surface area contributed by atoms with Crippen LogP contribution >= 0.6 is 11.6 Å². The summed E-state index contributed by atoms with van der Waals surface area (Å²) in [5, 5.41) is 14.5. The van der Waals surface area contributed by atoms with Crippen LogP contribution in [0.4, 0.5) is 13.2 Å². The molecule has 0 saturated heterocycles. The first kappa shape index (κ1) is 24.3. The minimum Gasteiger partial charge on any atom is -0.405 e. The van der Waals surface area contributed by atoms with Crippen molar-refractivity contribution >= 4 is 41.6 Å². The third kappa shape index (κ3) is 6.74. The van der Waals surface area contributed by atoms with Crippen LogP contribution in [0.1, 0.15) is 35.7 Å². The van der Waals surface area contributed by atoms with E-state index in [1.54, 1.807) is 6.92 Å². The Kier molecular flexibility index (Phi) is 8.09. The number of rotatable bonds is 8. The quantitative estimate of drug-likeness (QED) is 0.403. The molecule has 0 aliphatic heterocycles. The first-order chi connectivity index (χ1) is 14.6. The second-order valence-electron chi connectivity index (χ2n) is 6.96. The van der Waals surface area contributed by atoms with Gasteiger partial charge in [0.15, 0.2) is 5.84 Å². The van der Waals surface area contributed by atoms with Gasteiger partial charge in [-0.25, -0.2) is 9.98 Å². The number of halogens is 4. The van der Waals surface area contributed by atoms with Gasteiger partial charge in [0, 0.05) is 23.3 Å².